The Balaban J connectivity index is 2.55. The molecule has 0 radical (unpaired) electrons. The summed E-state index contributed by atoms with van der Waals surface area (Å²) in [5.74, 6) is -0.285. The molecule has 3 amide bonds. The van der Waals surface area contributed by atoms with Crippen LogP contribution in [0.2, 0.25) is 0 Å². The first-order chi connectivity index (χ1) is 12.0. The first-order valence-corrected chi connectivity index (χ1v) is 8.15. The average molecular weight is 366 g/mol. The maximum Gasteiger partial charge on any atom is 0.412 e. The summed E-state index contributed by atoms with van der Waals surface area (Å²) < 4.78 is 5.14. The van der Waals surface area contributed by atoms with Crippen molar-refractivity contribution in [2.24, 2.45) is 0 Å². The third kappa shape index (κ3) is 7.37. The predicted molar refractivity (Wildman–Crippen MR) is 96.3 cm³/mol. The summed E-state index contributed by atoms with van der Waals surface area (Å²) in [5.41, 5.74) is 0.0422. The molecular weight excluding hydrogens is 340 g/mol. The van der Waals surface area contributed by atoms with E-state index in [9.17, 15) is 14.4 Å². The Kier molecular flexibility index (Phi) is 7.36. The monoisotopic (exact) mass is 366 g/mol. The van der Waals surface area contributed by atoms with E-state index in [4.69, 9.17) is 9.84 Å². The molecule has 1 heterocycles. The zero-order valence-corrected chi connectivity index (χ0v) is 15.8. The van der Waals surface area contributed by atoms with Crippen LogP contribution in [0.1, 0.15) is 37.7 Å². The van der Waals surface area contributed by atoms with Gasteiger partial charge in [0.1, 0.15) is 11.3 Å². The number of aromatic nitrogens is 1. The maximum absolute atomic E-state index is 12.3. The van der Waals surface area contributed by atoms with E-state index < -0.39 is 17.8 Å². The van der Waals surface area contributed by atoms with Gasteiger partial charge in [-0.1, -0.05) is 0 Å². The van der Waals surface area contributed by atoms with Crippen molar-refractivity contribution in [1.82, 2.24) is 14.8 Å². The summed E-state index contributed by atoms with van der Waals surface area (Å²) in [6, 6.07) is 3.07. The second kappa shape index (κ2) is 9.02. The quantitative estimate of drug-likeness (QED) is 0.800. The minimum atomic E-state index is -1.01. The number of pyridine rings is 1. The molecule has 0 spiro atoms. The highest BCUT2D eigenvalue weighted by molar-refractivity contribution is 5.92. The molecule has 0 aromatic carbocycles. The lowest BCUT2D eigenvalue weighted by atomic mass is 10.2. The largest absolute Gasteiger partial charge is 0.465 e. The van der Waals surface area contributed by atoms with Crippen molar-refractivity contribution in [3.8, 4) is 0 Å². The molecule has 0 fully saturated rings. The average Bonchev–Trinajstić information content (AvgIpc) is 2.52. The highest BCUT2D eigenvalue weighted by Gasteiger charge is 2.17. The highest BCUT2D eigenvalue weighted by atomic mass is 16.6. The molecule has 1 aromatic rings. The van der Waals surface area contributed by atoms with Gasteiger partial charge in [0.2, 0.25) is 0 Å². The zero-order chi connectivity index (χ0) is 19.9. The first-order valence-electron chi connectivity index (χ1n) is 8.15. The van der Waals surface area contributed by atoms with Crippen LogP contribution in [0.25, 0.3) is 0 Å². The van der Waals surface area contributed by atoms with Gasteiger partial charge < -0.3 is 19.6 Å². The number of carbonyl (C=O) groups is 3. The second-order valence-electron chi connectivity index (χ2n) is 6.84. The molecule has 1 rings (SSSR count). The molecule has 0 saturated heterocycles. The van der Waals surface area contributed by atoms with E-state index in [2.05, 4.69) is 10.3 Å². The molecule has 9 heteroatoms. The van der Waals surface area contributed by atoms with Crippen molar-refractivity contribution < 1.29 is 24.2 Å². The van der Waals surface area contributed by atoms with Gasteiger partial charge in [-0.15, -0.1) is 0 Å². The van der Waals surface area contributed by atoms with Crippen LogP contribution < -0.4 is 5.32 Å². The molecule has 0 aliphatic carbocycles. The van der Waals surface area contributed by atoms with Crippen LogP contribution in [0.3, 0.4) is 0 Å². The summed E-state index contributed by atoms with van der Waals surface area (Å²) >= 11 is 0. The number of amides is 3. The normalized spacial score (nSPS) is 10.8. The molecule has 0 bridgehead atoms. The minimum absolute atomic E-state index is 0.230. The van der Waals surface area contributed by atoms with E-state index in [-0.39, 0.29) is 11.6 Å². The Morgan fingerprint density at radius 2 is 1.77 bits per heavy atom. The van der Waals surface area contributed by atoms with Gasteiger partial charge in [-0.3, -0.25) is 10.1 Å². The van der Waals surface area contributed by atoms with Crippen molar-refractivity contribution in [2.45, 2.75) is 32.8 Å². The number of nitrogens with zero attached hydrogens (tertiary/aromatic N) is 3. The van der Waals surface area contributed by atoms with E-state index in [1.54, 1.807) is 33.9 Å². The van der Waals surface area contributed by atoms with Gasteiger partial charge in [0.25, 0.3) is 5.91 Å². The number of carbonyl (C=O) groups excluding carboxylic acids is 2. The van der Waals surface area contributed by atoms with Crippen LogP contribution in [-0.2, 0) is 4.74 Å². The fraction of sp³-hybridized carbons (Fsp3) is 0.529. The first kappa shape index (κ1) is 21.2. The summed E-state index contributed by atoms with van der Waals surface area (Å²) in [6.45, 7) is 6.01. The van der Waals surface area contributed by atoms with E-state index in [1.807, 2.05) is 0 Å². The maximum atomic E-state index is 12.3. The Bertz CT molecular complexity index is 640. The van der Waals surface area contributed by atoms with Gasteiger partial charge in [0.15, 0.2) is 0 Å². The van der Waals surface area contributed by atoms with Crippen molar-refractivity contribution >= 4 is 23.8 Å². The summed E-state index contributed by atoms with van der Waals surface area (Å²) in [4.78, 5) is 41.4. The van der Waals surface area contributed by atoms with Gasteiger partial charge >= 0.3 is 12.2 Å². The van der Waals surface area contributed by atoms with Gasteiger partial charge in [0, 0.05) is 27.2 Å². The predicted octanol–water partition coefficient (Wildman–Crippen LogP) is 2.50. The standard InChI is InChI=1S/C17H26N4O5/c1-17(2,3)26-15(23)19-12-7-8-13(18-11-12)14(22)20(4)9-6-10-21(5)16(24)25/h7-8,11H,6,9-10H2,1-5H3,(H,19,23)(H,24,25). The van der Waals surface area contributed by atoms with Crippen molar-refractivity contribution in [3.05, 3.63) is 24.0 Å². The lowest BCUT2D eigenvalue weighted by molar-refractivity contribution is 0.0635. The van der Waals surface area contributed by atoms with Crippen LogP contribution in [0.4, 0.5) is 15.3 Å². The fourth-order valence-corrected chi connectivity index (χ4v) is 1.95. The third-order valence-electron chi connectivity index (χ3n) is 3.29. The molecule has 144 valence electrons. The molecule has 9 nitrogen and oxygen atoms in total. The Morgan fingerprint density at radius 1 is 1.15 bits per heavy atom. The van der Waals surface area contributed by atoms with Crippen LogP contribution in [-0.4, -0.2) is 70.8 Å². The van der Waals surface area contributed by atoms with E-state index >= 15 is 0 Å². The van der Waals surface area contributed by atoms with E-state index in [0.29, 0.717) is 25.2 Å². The molecule has 0 aliphatic heterocycles. The molecule has 0 aliphatic rings. The second-order valence-corrected chi connectivity index (χ2v) is 6.84. The van der Waals surface area contributed by atoms with Crippen LogP contribution in [0, 0.1) is 0 Å². The topological polar surface area (TPSA) is 112 Å². The smallest absolute Gasteiger partial charge is 0.412 e. The zero-order valence-electron chi connectivity index (χ0n) is 15.8. The molecular formula is C17H26N4O5. The lowest BCUT2D eigenvalue weighted by Gasteiger charge is -2.20. The molecule has 2 N–H and O–H groups in total. The number of nitrogens with one attached hydrogen (secondary N) is 1. The molecule has 1 aromatic heterocycles. The summed E-state index contributed by atoms with van der Waals surface area (Å²) in [7, 11) is 3.10. The number of ether oxygens (including phenoxy) is 1. The number of anilines is 1. The minimum Gasteiger partial charge on any atom is -0.465 e. The summed E-state index contributed by atoms with van der Waals surface area (Å²) in [5, 5.41) is 11.3. The Hall–Kier alpha value is -2.84. The lowest BCUT2D eigenvalue weighted by Crippen LogP contribution is -2.32. The molecule has 0 unspecified atom stereocenters. The summed E-state index contributed by atoms with van der Waals surface area (Å²) in [6.07, 6.45) is 0.291. The van der Waals surface area contributed by atoms with E-state index in [1.165, 1.54) is 24.2 Å². The molecule has 0 saturated carbocycles. The Labute approximate surface area is 152 Å². The molecule has 0 atom stereocenters. The van der Waals surface area contributed by atoms with Gasteiger partial charge in [-0.05, 0) is 39.3 Å². The van der Waals surface area contributed by atoms with Gasteiger partial charge in [0.05, 0.1) is 11.9 Å². The molecule has 26 heavy (non-hydrogen) atoms. The van der Waals surface area contributed by atoms with Crippen molar-refractivity contribution in [3.63, 3.8) is 0 Å². The number of carboxylic acid groups (broad SMARTS) is 1. The number of hydrogen-bond donors (Lipinski definition) is 2. The van der Waals surface area contributed by atoms with E-state index in [0.717, 1.165) is 4.90 Å². The van der Waals surface area contributed by atoms with Crippen molar-refractivity contribution in [2.75, 3.05) is 32.5 Å². The third-order valence-corrected chi connectivity index (χ3v) is 3.29. The SMILES string of the molecule is CN(CCCN(C)C(=O)c1ccc(NC(=O)OC(C)(C)C)cn1)C(=O)O. The van der Waals surface area contributed by atoms with Crippen LogP contribution in [0.5, 0.6) is 0 Å². The van der Waals surface area contributed by atoms with Gasteiger partial charge in [-0.2, -0.15) is 0 Å². The Morgan fingerprint density at radius 3 is 2.27 bits per heavy atom. The fourth-order valence-electron chi connectivity index (χ4n) is 1.95. The highest BCUT2D eigenvalue weighted by Crippen LogP contribution is 2.12. The number of hydrogen-bond acceptors (Lipinski definition) is 5. The van der Waals surface area contributed by atoms with Gasteiger partial charge in [-0.25, -0.2) is 14.6 Å². The van der Waals surface area contributed by atoms with Crippen LogP contribution >= 0.6 is 0 Å². The van der Waals surface area contributed by atoms with Crippen LogP contribution in [0.15, 0.2) is 18.3 Å². The van der Waals surface area contributed by atoms with Crippen molar-refractivity contribution in [1.29, 1.82) is 0 Å². The number of rotatable bonds is 6.